The number of hydrogen-bond donors (Lipinski definition) is 1. The molecule has 2 atom stereocenters. The first-order chi connectivity index (χ1) is 10.6. The fourth-order valence-electron chi connectivity index (χ4n) is 3.00. The molecule has 0 saturated heterocycles. The highest BCUT2D eigenvalue weighted by atomic mass is 79.9. The van der Waals surface area contributed by atoms with Crippen LogP contribution in [0.5, 0.6) is 5.75 Å². The Balaban J connectivity index is 1.95. The van der Waals surface area contributed by atoms with Gasteiger partial charge in [0.15, 0.2) is 0 Å². The van der Waals surface area contributed by atoms with Crippen LogP contribution < -0.4 is 10.1 Å². The molecule has 1 heterocycles. The summed E-state index contributed by atoms with van der Waals surface area (Å²) in [4.78, 5) is 12.3. The number of carbonyl (C=O) groups is 1. The zero-order valence-corrected chi connectivity index (χ0v) is 14.2. The molecule has 1 aliphatic rings. The van der Waals surface area contributed by atoms with E-state index in [0.29, 0.717) is 17.4 Å². The molecule has 0 aromatic heterocycles. The third-order valence-corrected chi connectivity index (χ3v) is 4.69. The Morgan fingerprint density at radius 2 is 1.91 bits per heavy atom. The largest absolute Gasteiger partial charge is 0.423 e. The number of esters is 1. The van der Waals surface area contributed by atoms with Gasteiger partial charge in [-0.05, 0) is 50.1 Å². The smallest absolute Gasteiger partial charge is 0.343 e. The van der Waals surface area contributed by atoms with Gasteiger partial charge in [-0.1, -0.05) is 34.1 Å². The quantitative estimate of drug-likeness (QED) is 0.642. The molecule has 22 heavy (non-hydrogen) atoms. The van der Waals surface area contributed by atoms with Gasteiger partial charge >= 0.3 is 5.97 Å². The fraction of sp³-hybridized carbons (Fsp3) is 0.278. The normalized spacial score (nSPS) is 20.3. The van der Waals surface area contributed by atoms with Crippen LogP contribution in [0.3, 0.4) is 0 Å². The average molecular weight is 360 g/mol. The Hall–Kier alpha value is -1.65. The van der Waals surface area contributed by atoms with Crippen molar-refractivity contribution in [2.75, 3.05) is 0 Å². The van der Waals surface area contributed by atoms with Gasteiger partial charge in [-0.15, -0.1) is 0 Å². The molecule has 0 amide bonds. The van der Waals surface area contributed by atoms with Crippen molar-refractivity contribution in [3.05, 3.63) is 63.6 Å². The van der Waals surface area contributed by atoms with Gasteiger partial charge in [0.2, 0.25) is 0 Å². The minimum absolute atomic E-state index is 0.148. The van der Waals surface area contributed by atoms with Crippen LogP contribution in [0.15, 0.2) is 46.9 Å². The third-order valence-electron chi connectivity index (χ3n) is 3.95. The zero-order chi connectivity index (χ0) is 15.7. The van der Waals surface area contributed by atoms with E-state index in [2.05, 4.69) is 35.1 Å². The first-order valence-electron chi connectivity index (χ1n) is 7.41. The van der Waals surface area contributed by atoms with E-state index in [1.54, 1.807) is 12.1 Å². The van der Waals surface area contributed by atoms with Gasteiger partial charge in [0.05, 0.1) is 5.56 Å². The summed E-state index contributed by atoms with van der Waals surface area (Å²) in [6.07, 6.45) is 0.914. The van der Waals surface area contributed by atoms with Gasteiger partial charge in [-0.2, -0.15) is 0 Å². The highest BCUT2D eigenvalue weighted by Gasteiger charge is 2.27. The summed E-state index contributed by atoms with van der Waals surface area (Å²) in [5, 5.41) is 3.50. The number of ether oxygens (including phenoxy) is 1. The molecule has 2 aromatic rings. The molecule has 1 N–H and O–H groups in total. The molecule has 0 saturated carbocycles. The molecule has 1 aliphatic heterocycles. The lowest BCUT2D eigenvalue weighted by Crippen LogP contribution is -2.36. The highest BCUT2D eigenvalue weighted by molar-refractivity contribution is 9.10. The van der Waals surface area contributed by atoms with Crippen LogP contribution >= 0.6 is 15.9 Å². The van der Waals surface area contributed by atoms with Crippen molar-refractivity contribution in [3.8, 4) is 5.75 Å². The van der Waals surface area contributed by atoms with E-state index >= 15 is 0 Å². The molecule has 114 valence electrons. The van der Waals surface area contributed by atoms with Crippen molar-refractivity contribution < 1.29 is 9.53 Å². The number of halogens is 1. The van der Waals surface area contributed by atoms with Crippen molar-refractivity contribution in [2.24, 2.45) is 0 Å². The predicted molar refractivity (Wildman–Crippen MR) is 90.3 cm³/mol. The van der Waals surface area contributed by atoms with Crippen LogP contribution in [0.2, 0.25) is 0 Å². The second-order valence-electron chi connectivity index (χ2n) is 5.69. The zero-order valence-electron chi connectivity index (χ0n) is 12.6. The molecule has 0 unspecified atom stereocenters. The van der Waals surface area contributed by atoms with Crippen LogP contribution in [0.4, 0.5) is 0 Å². The van der Waals surface area contributed by atoms with Gasteiger partial charge in [0, 0.05) is 22.1 Å². The summed E-state index contributed by atoms with van der Waals surface area (Å²) in [5.41, 5.74) is 2.85. The number of fused-ring (bicyclic) bond motifs is 1. The Bertz CT molecular complexity index is 700. The molecule has 4 heteroatoms. The number of carbonyl (C=O) groups excluding carboxylic acids is 1. The van der Waals surface area contributed by atoms with Gasteiger partial charge in [0.1, 0.15) is 5.75 Å². The summed E-state index contributed by atoms with van der Waals surface area (Å²) < 4.78 is 6.73. The second-order valence-corrected chi connectivity index (χ2v) is 6.54. The van der Waals surface area contributed by atoms with Gasteiger partial charge in [-0.25, -0.2) is 4.79 Å². The van der Waals surface area contributed by atoms with Gasteiger partial charge in [0.25, 0.3) is 0 Å². The molecule has 2 aromatic carbocycles. The fourth-order valence-corrected chi connectivity index (χ4v) is 3.50. The summed E-state index contributed by atoms with van der Waals surface area (Å²) in [7, 11) is 0. The lowest BCUT2D eigenvalue weighted by atomic mass is 9.91. The number of nitrogens with one attached hydrogen (secondary N) is 1. The third kappa shape index (κ3) is 2.94. The molecule has 3 rings (SSSR count). The maximum atomic E-state index is 12.3. The summed E-state index contributed by atoms with van der Waals surface area (Å²) in [6, 6.07) is 13.4. The molecule has 0 spiro atoms. The molecular formula is C18H18BrNO2. The van der Waals surface area contributed by atoms with Crippen molar-refractivity contribution in [1.82, 2.24) is 5.32 Å². The molecular weight excluding hydrogens is 342 g/mol. The average Bonchev–Trinajstić information content (AvgIpc) is 2.50. The minimum Gasteiger partial charge on any atom is -0.423 e. The first kappa shape index (κ1) is 15.3. The topological polar surface area (TPSA) is 38.3 Å². The molecule has 3 nitrogen and oxygen atoms in total. The Morgan fingerprint density at radius 1 is 1.18 bits per heavy atom. The summed E-state index contributed by atoms with van der Waals surface area (Å²) in [6.45, 7) is 4.26. The van der Waals surface area contributed by atoms with Crippen molar-refractivity contribution in [3.63, 3.8) is 0 Å². The molecule has 0 aliphatic carbocycles. The van der Waals surface area contributed by atoms with Gasteiger partial charge in [-0.3, -0.25) is 0 Å². The number of benzene rings is 2. The Morgan fingerprint density at radius 3 is 2.64 bits per heavy atom. The monoisotopic (exact) mass is 359 g/mol. The number of hydrogen-bond acceptors (Lipinski definition) is 3. The van der Waals surface area contributed by atoms with Crippen LogP contribution in [0, 0.1) is 0 Å². The van der Waals surface area contributed by atoms with Crippen molar-refractivity contribution in [1.29, 1.82) is 0 Å². The Labute approximate surface area is 138 Å². The van der Waals surface area contributed by atoms with E-state index in [4.69, 9.17) is 4.74 Å². The summed E-state index contributed by atoms with van der Waals surface area (Å²) in [5.74, 6) is 0.315. The van der Waals surface area contributed by atoms with E-state index in [1.807, 2.05) is 30.3 Å². The van der Waals surface area contributed by atoms with Crippen LogP contribution in [-0.2, 0) is 6.42 Å². The maximum Gasteiger partial charge on any atom is 0.343 e. The van der Waals surface area contributed by atoms with E-state index in [0.717, 1.165) is 16.5 Å². The van der Waals surface area contributed by atoms with E-state index in [1.165, 1.54) is 5.56 Å². The van der Waals surface area contributed by atoms with Gasteiger partial charge < -0.3 is 10.1 Å². The standard InChI is InChI=1S/C18H18BrNO2/c1-11-10-14-15(19)8-9-16(17(14)12(2)20-11)22-18(21)13-6-4-3-5-7-13/h3-9,11-12,20H,10H2,1-2H3/t11-,12-/m1/s1. The Kier molecular flexibility index (Phi) is 4.32. The van der Waals surface area contributed by atoms with E-state index in [-0.39, 0.29) is 12.0 Å². The molecule has 0 fully saturated rings. The van der Waals surface area contributed by atoms with Crippen LogP contribution in [0.1, 0.15) is 41.4 Å². The predicted octanol–water partition coefficient (Wildman–Crippen LogP) is 4.26. The molecule has 0 radical (unpaired) electrons. The van der Waals surface area contributed by atoms with Crippen molar-refractivity contribution >= 4 is 21.9 Å². The maximum absolute atomic E-state index is 12.3. The van der Waals surface area contributed by atoms with E-state index in [9.17, 15) is 4.79 Å². The lowest BCUT2D eigenvalue weighted by molar-refractivity contribution is 0.0732. The molecule has 0 bridgehead atoms. The van der Waals surface area contributed by atoms with Crippen LogP contribution in [-0.4, -0.2) is 12.0 Å². The lowest BCUT2D eigenvalue weighted by Gasteiger charge is -2.31. The second kappa shape index (κ2) is 6.23. The summed E-state index contributed by atoms with van der Waals surface area (Å²) >= 11 is 3.61. The first-order valence-corrected chi connectivity index (χ1v) is 8.20. The minimum atomic E-state index is -0.323. The van der Waals surface area contributed by atoms with Crippen LogP contribution in [0.25, 0.3) is 0 Å². The van der Waals surface area contributed by atoms with E-state index < -0.39 is 0 Å². The SMILES string of the molecule is C[C@@H]1Cc2c(Br)ccc(OC(=O)c3ccccc3)c2[C@@H](C)N1. The van der Waals surface area contributed by atoms with Crippen molar-refractivity contribution in [2.45, 2.75) is 32.4 Å². The highest BCUT2D eigenvalue weighted by Crippen LogP contribution is 2.37. The number of rotatable bonds is 2.